The van der Waals surface area contributed by atoms with Crippen molar-refractivity contribution in [2.24, 2.45) is 0 Å². The van der Waals surface area contributed by atoms with E-state index in [1.54, 1.807) is 0 Å². The first-order valence-corrected chi connectivity index (χ1v) is 21.3. The van der Waals surface area contributed by atoms with Gasteiger partial charge in [-0.15, -0.1) is 0 Å². The molecule has 8 nitrogen and oxygen atoms in total. The molecule has 7 aromatic carbocycles. The van der Waals surface area contributed by atoms with Gasteiger partial charge >= 0.3 is 0 Å². The molecule has 0 aliphatic carbocycles. The van der Waals surface area contributed by atoms with Gasteiger partial charge in [0.05, 0.1) is 0 Å². The Labute approximate surface area is 372 Å². The van der Waals surface area contributed by atoms with Crippen LogP contribution in [0.5, 0.6) is 0 Å². The third-order valence-corrected chi connectivity index (χ3v) is 11.3. The Morgan fingerprint density at radius 1 is 0.219 bits per heavy atom. The molecule has 3 aromatic heterocycles. The summed E-state index contributed by atoms with van der Waals surface area (Å²) < 4.78 is 0. The quantitative estimate of drug-likeness (QED) is 0.142. The van der Waals surface area contributed by atoms with Crippen LogP contribution in [-0.2, 0) is 0 Å². The standard InChI is InChI=1S/C56H42N8/c1-35-17-11-13-23-44(35)53-62-54(45-24-14-12-18-36(45)2)64-55(63-53)48-26-16-15-25-46(48)47-32-31-43(34-49(47)56-57-37(3)33-38(4)58-56)39-27-29-42(30-28-39)52-60-50(40-19-7-5-8-20-40)59-51(61-52)41-21-9-6-10-22-41/h5-34H,1-4H3. The lowest BCUT2D eigenvalue weighted by molar-refractivity contribution is 1.06. The summed E-state index contributed by atoms with van der Waals surface area (Å²) in [5.74, 6) is 4.32. The molecule has 0 radical (unpaired) electrons. The average Bonchev–Trinajstić information content (AvgIpc) is 3.34. The molecule has 0 spiro atoms. The van der Waals surface area contributed by atoms with Crippen LogP contribution in [-0.4, -0.2) is 39.9 Å². The van der Waals surface area contributed by atoms with Crippen molar-refractivity contribution in [3.63, 3.8) is 0 Å². The Balaban J connectivity index is 1.09. The molecular formula is C56H42N8. The zero-order valence-electron chi connectivity index (χ0n) is 35.9. The molecule has 0 atom stereocenters. The smallest absolute Gasteiger partial charge is 0.164 e. The summed E-state index contributed by atoms with van der Waals surface area (Å²) in [6, 6.07) is 61.6. The summed E-state index contributed by atoms with van der Waals surface area (Å²) in [6.07, 6.45) is 0. The van der Waals surface area contributed by atoms with E-state index in [2.05, 4.69) is 98.8 Å². The second kappa shape index (κ2) is 17.2. The van der Waals surface area contributed by atoms with Crippen LogP contribution in [0.3, 0.4) is 0 Å². The van der Waals surface area contributed by atoms with Crippen LogP contribution in [0.25, 0.3) is 102 Å². The minimum atomic E-state index is 0.582. The molecule has 0 N–H and O–H groups in total. The van der Waals surface area contributed by atoms with Crippen LogP contribution >= 0.6 is 0 Å². The van der Waals surface area contributed by atoms with E-state index in [1.807, 2.05) is 111 Å². The maximum Gasteiger partial charge on any atom is 0.164 e. The van der Waals surface area contributed by atoms with Gasteiger partial charge in [-0.2, -0.15) is 0 Å². The van der Waals surface area contributed by atoms with Crippen molar-refractivity contribution >= 4 is 0 Å². The highest BCUT2D eigenvalue weighted by Crippen LogP contribution is 2.40. The van der Waals surface area contributed by atoms with Gasteiger partial charge in [0.2, 0.25) is 0 Å². The highest BCUT2D eigenvalue weighted by Gasteiger charge is 2.21. The number of benzene rings is 7. The zero-order valence-corrected chi connectivity index (χ0v) is 35.9. The Morgan fingerprint density at radius 2 is 0.562 bits per heavy atom. The molecular weight excluding hydrogens is 785 g/mol. The van der Waals surface area contributed by atoms with E-state index in [0.717, 1.165) is 83.7 Å². The van der Waals surface area contributed by atoms with Crippen molar-refractivity contribution in [1.82, 2.24) is 39.9 Å². The van der Waals surface area contributed by atoms with Gasteiger partial charge in [-0.25, -0.2) is 39.9 Å². The predicted octanol–water partition coefficient (Wildman–Crippen LogP) is 13.1. The lowest BCUT2D eigenvalue weighted by Crippen LogP contribution is -2.03. The van der Waals surface area contributed by atoms with E-state index in [-0.39, 0.29) is 0 Å². The summed E-state index contributed by atoms with van der Waals surface area (Å²) in [4.78, 5) is 40.2. The molecule has 0 saturated carbocycles. The van der Waals surface area contributed by atoms with Gasteiger partial charge in [-0.3, -0.25) is 0 Å². The fourth-order valence-electron chi connectivity index (χ4n) is 8.04. The third-order valence-electron chi connectivity index (χ3n) is 11.3. The number of aryl methyl sites for hydroxylation is 4. The Kier molecular flexibility index (Phi) is 10.7. The highest BCUT2D eigenvalue weighted by molar-refractivity contribution is 5.91. The number of rotatable bonds is 9. The monoisotopic (exact) mass is 826 g/mol. The third kappa shape index (κ3) is 8.08. The number of hydrogen-bond donors (Lipinski definition) is 0. The zero-order chi connectivity index (χ0) is 43.6. The molecule has 0 fully saturated rings. The Morgan fingerprint density at radius 3 is 1.06 bits per heavy atom. The lowest BCUT2D eigenvalue weighted by Gasteiger charge is -2.17. The molecule has 10 aromatic rings. The molecule has 0 aliphatic heterocycles. The van der Waals surface area contributed by atoms with Gasteiger partial charge in [0.15, 0.2) is 40.8 Å². The van der Waals surface area contributed by atoms with E-state index in [0.29, 0.717) is 40.8 Å². The molecule has 0 saturated heterocycles. The van der Waals surface area contributed by atoms with E-state index in [4.69, 9.17) is 39.9 Å². The van der Waals surface area contributed by atoms with E-state index >= 15 is 0 Å². The molecule has 0 amide bonds. The molecule has 0 bridgehead atoms. The van der Waals surface area contributed by atoms with Gasteiger partial charge < -0.3 is 0 Å². The van der Waals surface area contributed by atoms with Crippen molar-refractivity contribution in [2.45, 2.75) is 27.7 Å². The molecule has 0 aliphatic rings. The second-order valence-corrected chi connectivity index (χ2v) is 15.8. The van der Waals surface area contributed by atoms with Crippen LogP contribution < -0.4 is 0 Å². The fraction of sp³-hybridized carbons (Fsp3) is 0.0714. The fourth-order valence-corrected chi connectivity index (χ4v) is 8.04. The highest BCUT2D eigenvalue weighted by atomic mass is 15.0. The largest absolute Gasteiger partial charge is 0.233 e. The molecule has 306 valence electrons. The topological polar surface area (TPSA) is 103 Å². The van der Waals surface area contributed by atoms with Gasteiger partial charge in [-0.1, -0.05) is 170 Å². The summed E-state index contributed by atoms with van der Waals surface area (Å²) in [7, 11) is 0. The van der Waals surface area contributed by atoms with Crippen molar-refractivity contribution < 1.29 is 0 Å². The molecule has 3 heterocycles. The summed E-state index contributed by atoms with van der Waals surface area (Å²) >= 11 is 0. The SMILES string of the molecule is Cc1cc(C)nc(-c2cc(-c3ccc(-c4nc(-c5ccccc5)nc(-c5ccccc5)n4)cc3)ccc2-c2ccccc2-c2nc(-c3ccccc3C)nc(-c3ccccc3C)n2)n1. The molecule has 8 heteroatoms. The van der Waals surface area contributed by atoms with Gasteiger partial charge in [-0.05, 0) is 73.2 Å². The van der Waals surface area contributed by atoms with E-state index < -0.39 is 0 Å². The lowest BCUT2D eigenvalue weighted by atomic mass is 9.91. The van der Waals surface area contributed by atoms with Crippen LogP contribution in [0.15, 0.2) is 182 Å². The van der Waals surface area contributed by atoms with Crippen molar-refractivity contribution in [2.75, 3.05) is 0 Å². The van der Waals surface area contributed by atoms with Crippen molar-refractivity contribution in [3.8, 4) is 102 Å². The summed E-state index contributed by atoms with van der Waals surface area (Å²) in [5.41, 5.74) is 14.3. The normalized spacial score (nSPS) is 11.1. The van der Waals surface area contributed by atoms with Crippen LogP contribution in [0.4, 0.5) is 0 Å². The number of aromatic nitrogens is 8. The summed E-state index contributed by atoms with van der Waals surface area (Å²) in [6.45, 7) is 8.18. The Hall–Kier alpha value is -8.36. The van der Waals surface area contributed by atoms with Gasteiger partial charge in [0.1, 0.15) is 0 Å². The first kappa shape index (κ1) is 39.8. The van der Waals surface area contributed by atoms with Gasteiger partial charge in [0.25, 0.3) is 0 Å². The van der Waals surface area contributed by atoms with Crippen LogP contribution in [0.2, 0.25) is 0 Å². The van der Waals surface area contributed by atoms with Crippen LogP contribution in [0.1, 0.15) is 22.5 Å². The van der Waals surface area contributed by atoms with Crippen molar-refractivity contribution in [3.05, 3.63) is 205 Å². The molecule has 10 rings (SSSR count). The minimum Gasteiger partial charge on any atom is -0.233 e. The number of hydrogen-bond acceptors (Lipinski definition) is 8. The van der Waals surface area contributed by atoms with Crippen molar-refractivity contribution in [1.29, 1.82) is 0 Å². The van der Waals surface area contributed by atoms with E-state index in [9.17, 15) is 0 Å². The Bertz CT molecular complexity index is 3170. The molecule has 64 heavy (non-hydrogen) atoms. The van der Waals surface area contributed by atoms with Gasteiger partial charge in [0, 0.05) is 50.3 Å². The second-order valence-electron chi connectivity index (χ2n) is 15.8. The average molecular weight is 827 g/mol. The maximum atomic E-state index is 5.18. The maximum absolute atomic E-state index is 5.18. The minimum absolute atomic E-state index is 0.582. The number of nitrogens with zero attached hydrogens (tertiary/aromatic N) is 8. The van der Waals surface area contributed by atoms with Crippen LogP contribution in [0, 0.1) is 27.7 Å². The molecule has 0 unspecified atom stereocenters. The first-order chi connectivity index (χ1) is 31.3. The van der Waals surface area contributed by atoms with E-state index in [1.165, 1.54) is 0 Å². The first-order valence-electron chi connectivity index (χ1n) is 21.3. The predicted molar refractivity (Wildman–Crippen MR) is 257 cm³/mol. The summed E-state index contributed by atoms with van der Waals surface area (Å²) in [5, 5.41) is 0.